The number of carboxylic acids is 1. The molecule has 0 saturated carbocycles. The number of pyridine rings is 1. The van der Waals surface area contributed by atoms with Gasteiger partial charge in [0.2, 0.25) is 11.8 Å². The molecule has 270 valence electrons. The van der Waals surface area contributed by atoms with Crippen LogP contribution in [-0.2, 0) is 22.7 Å². The number of nitrogens with zero attached hydrogens (tertiary/aromatic N) is 3. The molecule has 5 aromatic rings. The van der Waals surface area contributed by atoms with Gasteiger partial charge in [-0.05, 0) is 37.1 Å². The van der Waals surface area contributed by atoms with Crippen molar-refractivity contribution in [2.45, 2.75) is 38.9 Å². The SMILES string of the molecule is COc1cc(-n2ccc3c(-c4cccc(-c5ccc(CN6CC(C)(C(=O)O)C6)c(OC)n5)c4Cl)cccc32)cc(OC)c1CNC[C@@H]1CCC(=O)N1. The topological polar surface area (TPSA) is 127 Å². The molecule has 1 atom stereocenters. The van der Waals surface area contributed by atoms with Crippen LogP contribution < -0.4 is 24.8 Å². The number of halogens is 1. The van der Waals surface area contributed by atoms with Gasteiger partial charge in [-0.25, -0.2) is 4.98 Å². The summed E-state index contributed by atoms with van der Waals surface area (Å²) in [5, 5.41) is 17.5. The van der Waals surface area contributed by atoms with Crippen molar-refractivity contribution in [3.05, 3.63) is 89.1 Å². The number of methoxy groups -OCH3 is 3. The number of hydrogen-bond donors (Lipinski definition) is 3. The van der Waals surface area contributed by atoms with E-state index >= 15 is 0 Å². The van der Waals surface area contributed by atoms with E-state index in [0.29, 0.717) is 67.2 Å². The van der Waals surface area contributed by atoms with Crippen LogP contribution >= 0.6 is 11.6 Å². The van der Waals surface area contributed by atoms with Crippen molar-refractivity contribution in [2.75, 3.05) is 41.0 Å². The maximum atomic E-state index is 11.6. The molecule has 0 radical (unpaired) electrons. The van der Waals surface area contributed by atoms with Gasteiger partial charge in [-0.2, -0.15) is 0 Å². The molecule has 0 aliphatic carbocycles. The minimum Gasteiger partial charge on any atom is -0.496 e. The smallest absolute Gasteiger partial charge is 0.311 e. The number of aromatic nitrogens is 2. The molecule has 2 aromatic heterocycles. The Morgan fingerprint density at radius 2 is 1.71 bits per heavy atom. The number of carbonyl (C=O) groups is 2. The van der Waals surface area contributed by atoms with E-state index in [9.17, 15) is 14.7 Å². The number of carboxylic acid groups (broad SMARTS) is 1. The summed E-state index contributed by atoms with van der Waals surface area (Å²) in [5.41, 5.74) is 6.23. The summed E-state index contributed by atoms with van der Waals surface area (Å²) in [5.74, 6) is 1.20. The van der Waals surface area contributed by atoms with Gasteiger partial charge in [0.25, 0.3) is 0 Å². The van der Waals surface area contributed by atoms with E-state index in [1.165, 1.54) is 0 Å². The van der Waals surface area contributed by atoms with Gasteiger partial charge in [-0.1, -0.05) is 48.0 Å². The van der Waals surface area contributed by atoms with Crippen molar-refractivity contribution in [1.82, 2.24) is 25.1 Å². The van der Waals surface area contributed by atoms with Crippen molar-refractivity contribution < 1.29 is 28.9 Å². The molecule has 7 rings (SSSR count). The van der Waals surface area contributed by atoms with Crippen LogP contribution in [0.3, 0.4) is 0 Å². The number of likely N-dealkylation sites (tertiary alicyclic amines) is 1. The third kappa shape index (κ3) is 6.67. The minimum atomic E-state index is -0.780. The molecule has 0 unspecified atom stereocenters. The maximum absolute atomic E-state index is 11.6. The number of ether oxygens (including phenoxy) is 3. The number of carbonyl (C=O) groups excluding carboxylic acids is 1. The molecule has 11 nitrogen and oxygen atoms in total. The number of nitrogens with one attached hydrogen (secondary N) is 2. The molecular formula is C40H42ClN5O6. The Labute approximate surface area is 307 Å². The van der Waals surface area contributed by atoms with Crippen LogP contribution in [0.4, 0.5) is 0 Å². The van der Waals surface area contributed by atoms with E-state index in [2.05, 4.69) is 38.3 Å². The zero-order valence-electron chi connectivity index (χ0n) is 29.7. The molecule has 12 heteroatoms. The molecule has 2 aliphatic heterocycles. The lowest BCUT2D eigenvalue weighted by Gasteiger charge is -2.45. The molecule has 3 aromatic carbocycles. The van der Waals surface area contributed by atoms with Gasteiger partial charge >= 0.3 is 5.97 Å². The molecule has 0 bridgehead atoms. The largest absolute Gasteiger partial charge is 0.496 e. The summed E-state index contributed by atoms with van der Waals surface area (Å²) in [6, 6.07) is 22.2. The second kappa shape index (κ2) is 14.5. The Bertz CT molecular complexity index is 2140. The number of amides is 1. The van der Waals surface area contributed by atoms with Crippen LogP contribution in [0.25, 0.3) is 39.0 Å². The Morgan fingerprint density at radius 3 is 2.38 bits per heavy atom. The predicted octanol–water partition coefficient (Wildman–Crippen LogP) is 6.31. The molecule has 2 saturated heterocycles. The Balaban J connectivity index is 1.16. The monoisotopic (exact) mass is 723 g/mol. The van der Waals surface area contributed by atoms with Gasteiger partial charge < -0.3 is 34.5 Å². The first kappa shape index (κ1) is 35.3. The Kier molecular flexibility index (Phi) is 9.84. The predicted molar refractivity (Wildman–Crippen MR) is 200 cm³/mol. The van der Waals surface area contributed by atoms with E-state index in [-0.39, 0.29) is 11.9 Å². The lowest BCUT2D eigenvalue weighted by atomic mass is 9.82. The molecule has 3 N–H and O–H groups in total. The number of fused-ring (bicyclic) bond motifs is 1. The second-order valence-electron chi connectivity index (χ2n) is 13.7. The number of benzene rings is 3. The molecule has 4 heterocycles. The van der Waals surface area contributed by atoms with Crippen LogP contribution in [-0.4, -0.2) is 78.4 Å². The number of hydrogen-bond acceptors (Lipinski definition) is 8. The third-order valence-corrected chi connectivity index (χ3v) is 10.5. The highest BCUT2D eigenvalue weighted by Crippen LogP contribution is 2.41. The van der Waals surface area contributed by atoms with Gasteiger partial charge in [-0.15, -0.1) is 0 Å². The molecule has 1 amide bonds. The van der Waals surface area contributed by atoms with Crippen LogP contribution in [0.15, 0.2) is 72.9 Å². The average Bonchev–Trinajstić information content (AvgIpc) is 3.77. The highest BCUT2D eigenvalue weighted by atomic mass is 35.5. The summed E-state index contributed by atoms with van der Waals surface area (Å²) in [4.78, 5) is 30.1. The van der Waals surface area contributed by atoms with Gasteiger partial charge in [0.15, 0.2) is 0 Å². The summed E-state index contributed by atoms with van der Waals surface area (Å²) < 4.78 is 19.5. The fourth-order valence-corrected chi connectivity index (χ4v) is 7.72. The van der Waals surface area contributed by atoms with Crippen LogP contribution in [0.1, 0.15) is 30.9 Å². The van der Waals surface area contributed by atoms with E-state index in [1.807, 2.05) is 54.7 Å². The average molecular weight is 724 g/mol. The first-order chi connectivity index (χ1) is 25.1. The minimum absolute atomic E-state index is 0.0965. The first-order valence-electron chi connectivity index (χ1n) is 17.3. The summed E-state index contributed by atoms with van der Waals surface area (Å²) in [7, 11) is 4.90. The molecular weight excluding hydrogens is 682 g/mol. The molecule has 2 aliphatic rings. The van der Waals surface area contributed by atoms with Crippen LogP contribution in [0.5, 0.6) is 17.4 Å². The summed E-state index contributed by atoms with van der Waals surface area (Å²) >= 11 is 7.19. The normalized spacial score (nSPS) is 16.8. The summed E-state index contributed by atoms with van der Waals surface area (Å²) in [6.07, 6.45) is 3.42. The lowest BCUT2D eigenvalue weighted by molar-refractivity contribution is -0.159. The quantitative estimate of drug-likeness (QED) is 0.128. The lowest BCUT2D eigenvalue weighted by Crippen LogP contribution is -2.58. The fourth-order valence-electron chi connectivity index (χ4n) is 7.40. The third-order valence-electron chi connectivity index (χ3n) is 10.1. The molecule has 0 spiro atoms. The van der Waals surface area contributed by atoms with Crippen molar-refractivity contribution in [3.63, 3.8) is 0 Å². The summed E-state index contributed by atoms with van der Waals surface area (Å²) in [6.45, 7) is 4.45. The second-order valence-corrected chi connectivity index (χ2v) is 14.1. The zero-order chi connectivity index (χ0) is 36.6. The number of aliphatic carboxylic acids is 1. The molecule has 2 fully saturated rings. The number of rotatable bonds is 13. The highest BCUT2D eigenvalue weighted by Gasteiger charge is 2.45. The van der Waals surface area contributed by atoms with Gasteiger partial charge in [-0.3, -0.25) is 14.5 Å². The van der Waals surface area contributed by atoms with Crippen molar-refractivity contribution >= 4 is 34.4 Å². The van der Waals surface area contributed by atoms with Crippen molar-refractivity contribution in [3.8, 4) is 45.5 Å². The first-order valence-corrected chi connectivity index (χ1v) is 17.6. The van der Waals surface area contributed by atoms with Gasteiger partial charge in [0.05, 0.1) is 54.2 Å². The highest BCUT2D eigenvalue weighted by molar-refractivity contribution is 6.36. The van der Waals surface area contributed by atoms with Gasteiger partial charge in [0.1, 0.15) is 11.5 Å². The Hall–Kier alpha value is -5.10. The van der Waals surface area contributed by atoms with E-state index < -0.39 is 11.4 Å². The molecule has 52 heavy (non-hydrogen) atoms. The van der Waals surface area contributed by atoms with Crippen molar-refractivity contribution in [1.29, 1.82) is 0 Å². The fraction of sp³-hybridized carbons (Fsp3) is 0.325. The van der Waals surface area contributed by atoms with E-state index in [4.69, 9.17) is 30.8 Å². The van der Waals surface area contributed by atoms with E-state index in [0.717, 1.165) is 50.8 Å². The van der Waals surface area contributed by atoms with E-state index in [1.54, 1.807) is 28.3 Å². The maximum Gasteiger partial charge on any atom is 0.311 e. The zero-order valence-corrected chi connectivity index (χ0v) is 30.4. The van der Waals surface area contributed by atoms with Crippen LogP contribution in [0, 0.1) is 5.41 Å². The standard InChI is InChI=1S/C40H42ClN5O6/c1-40(39(48)49)22-45(23-40)21-24-11-13-32(44-38(24)52-4)30-9-5-8-29(37(30)41)27-7-6-10-33-28(27)15-16-46(33)26-17-34(50-2)31(35(18-26)51-3)20-42-19-25-12-14-36(47)43-25/h5-11,13,15-18,25,42H,12,14,19-23H2,1-4H3,(H,43,47)(H,48,49)/t25-/m0/s1. The van der Waals surface area contributed by atoms with Crippen molar-refractivity contribution in [2.24, 2.45) is 5.41 Å². The van der Waals surface area contributed by atoms with Crippen LogP contribution in [0.2, 0.25) is 5.02 Å². The Morgan fingerprint density at radius 1 is 1.00 bits per heavy atom. The van der Waals surface area contributed by atoms with Gasteiger partial charge in [0, 0.05) is 85.6 Å².